The predicted octanol–water partition coefficient (Wildman–Crippen LogP) is -1.05. The Kier molecular flexibility index (Phi) is 3.11. The van der Waals surface area contributed by atoms with Crippen molar-refractivity contribution in [2.45, 2.75) is 18.4 Å². The number of aromatic nitrogens is 4. The van der Waals surface area contributed by atoms with Crippen LogP contribution >= 0.6 is 0 Å². The van der Waals surface area contributed by atoms with E-state index < -0.39 is 18.4 Å². The summed E-state index contributed by atoms with van der Waals surface area (Å²) in [7, 11) is 0. The zero-order valence-electron chi connectivity index (χ0n) is 11.0. The highest BCUT2D eigenvalue weighted by atomic mass is 16.5. The van der Waals surface area contributed by atoms with Gasteiger partial charge in [0, 0.05) is 0 Å². The van der Waals surface area contributed by atoms with E-state index in [0.717, 1.165) is 0 Å². The number of fused-ring (bicyclic) bond motifs is 1. The molecule has 9 heteroatoms. The zero-order chi connectivity index (χ0) is 15.1. The van der Waals surface area contributed by atoms with Gasteiger partial charge in [-0.15, -0.1) is 5.73 Å². The highest BCUT2D eigenvalue weighted by Crippen LogP contribution is 2.37. The average molecular weight is 290 g/mol. The number of imidazole rings is 1. The highest BCUT2D eigenvalue weighted by molar-refractivity contribution is 5.83. The van der Waals surface area contributed by atoms with Gasteiger partial charge in [-0.3, -0.25) is 4.57 Å². The van der Waals surface area contributed by atoms with Crippen LogP contribution in [0.3, 0.4) is 0 Å². The summed E-state index contributed by atoms with van der Waals surface area (Å²) >= 11 is 0. The first-order valence-electron chi connectivity index (χ1n) is 6.16. The number of nitrogens with zero attached hydrogens (tertiary/aromatic N) is 4. The van der Waals surface area contributed by atoms with E-state index in [2.05, 4.69) is 27.3 Å². The summed E-state index contributed by atoms with van der Waals surface area (Å²) in [6.45, 7) is 3.18. The fourth-order valence-corrected chi connectivity index (χ4v) is 2.37. The number of rotatable bonds is 2. The van der Waals surface area contributed by atoms with Gasteiger partial charge in [-0.05, 0) is 0 Å². The number of nitrogens with two attached hydrogens (primary N) is 2. The monoisotopic (exact) mass is 290 g/mol. The minimum absolute atomic E-state index is 0.0979. The van der Waals surface area contributed by atoms with E-state index in [1.54, 1.807) is 0 Å². The summed E-state index contributed by atoms with van der Waals surface area (Å²) in [5.74, 6) is 0.285. The molecule has 3 heterocycles. The molecule has 6 N–H and O–H groups in total. The second-order valence-corrected chi connectivity index (χ2v) is 4.56. The number of ether oxygens (including phenoxy) is 1. The lowest BCUT2D eigenvalue weighted by Gasteiger charge is -2.15. The molecular formula is C12H14N6O3. The van der Waals surface area contributed by atoms with Gasteiger partial charge >= 0.3 is 0 Å². The van der Waals surface area contributed by atoms with Gasteiger partial charge in [0.1, 0.15) is 18.5 Å². The molecule has 3 atom stereocenters. The second-order valence-electron chi connectivity index (χ2n) is 4.56. The lowest BCUT2D eigenvalue weighted by Crippen LogP contribution is -2.25. The van der Waals surface area contributed by atoms with Crippen LogP contribution in [-0.2, 0) is 4.74 Å². The largest absolute Gasteiger partial charge is 0.394 e. The molecule has 2 aromatic heterocycles. The Morgan fingerprint density at radius 3 is 2.86 bits per heavy atom. The molecule has 21 heavy (non-hydrogen) atoms. The van der Waals surface area contributed by atoms with Gasteiger partial charge in [0.15, 0.2) is 23.2 Å². The van der Waals surface area contributed by atoms with E-state index in [9.17, 15) is 10.2 Å². The van der Waals surface area contributed by atoms with Crippen LogP contribution < -0.4 is 11.5 Å². The van der Waals surface area contributed by atoms with Gasteiger partial charge in [0.25, 0.3) is 0 Å². The summed E-state index contributed by atoms with van der Waals surface area (Å²) in [5, 5.41) is 19.3. The Labute approximate surface area is 119 Å². The number of aliphatic hydroxyl groups is 2. The molecular weight excluding hydrogens is 276 g/mol. The number of nitrogen functional groups attached to an aromatic ring is 2. The maximum absolute atomic E-state index is 10.1. The van der Waals surface area contributed by atoms with Crippen molar-refractivity contribution in [3.05, 3.63) is 24.2 Å². The molecule has 1 unspecified atom stereocenters. The van der Waals surface area contributed by atoms with Gasteiger partial charge in [-0.1, -0.05) is 6.58 Å². The van der Waals surface area contributed by atoms with Crippen molar-refractivity contribution in [1.29, 1.82) is 0 Å². The third kappa shape index (κ3) is 1.88. The fraction of sp³-hybridized carbons (Fsp3) is 0.333. The van der Waals surface area contributed by atoms with Gasteiger partial charge in [-0.2, -0.15) is 0 Å². The molecule has 0 bridgehead atoms. The molecule has 0 aliphatic carbocycles. The maximum Gasteiger partial charge on any atom is 0.205 e. The van der Waals surface area contributed by atoms with Gasteiger partial charge in [0.2, 0.25) is 5.95 Å². The standard InChI is InChI=1S/C12H14N6O3/c1-2-5-8(20)6(3-19)21-11(5)18-10-7(17-12(18)14)9(13)15-4-16-10/h4,6,8,11,19-20H,1,3H2,(H2,14,17)(H2,13,15,16)/t6-,8?,11-/m1/s1. The number of hydrogen-bond acceptors (Lipinski definition) is 8. The summed E-state index contributed by atoms with van der Waals surface area (Å²) in [6.07, 6.45) is -1.36. The topological polar surface area (TPSA) is 145 Å². The fourth-order valence-electron chi connectivity index (χ4n) is 2.37. The van der Waals surface area contributed by atoms with Crippen LogP contribution in [0.1, 0.15) is 6.23 Å². The molecule has 1 aliphatic rings. The third-order valence-electron chi connectivity index (χ3n) is 3.39. The zero-order valence-corrected chi connectivity index (χ0v) is 11.0. The molecule has 0 saturated carbocycles. The Balaban J connectivity index is 2.19. The van der Waals surface area contributed by atoms with E-state index >= 15 is 0 Å². The molecule has 0 spiro atoms. The van der Waals surface area contributed by atoms with E-state index in [4.69, 9.17) is 16.2 Å². The number of anilines is 2. The van der Waals surface area contributed by atoms with Crippen molar-refractivity contribution in [3.63, 3.8) is 0 Å². The lowest BCUT2D eigenvalue weighted by atomic mass is 10.1. The van der Waals surface area contributed by atoms with Crippen molar-refractivity contribution < 1.29 is 14.9 Å². The predicted molar refractivity (Wildman–Crippen MR) is 73.8 cm³/mol. The first-order chi connectivity index (χ1) is 10.1. The summed E-state index contributed by atoms with van der Waals surface area (Å²) in [6, 6.07) is 0. The van der Waals surface area contributed by atoms with Crippen molar-refractivity contribution in [1.82, 2.24) is 19.5 Å². The molecule has 0 aromatic carbocycles. The first-order valence-corrected chi connectivity index (χ1v) is 6.16. The van der Waals surface area contributed by atoms with Crippen LogP contribution in [-0.4, -0.2) is 48.5 Å². The highest BCUT2D eigenvalue weighted by Gasteiger charge is 2.41. The molecule has 0 radical (unpaired) electrons. The van der Waals surface area contributed by atoms with Gasteiger partial charge in [0.05, 0.1) is 12.2 Å². The summed E-state index contributed by atoms with van der Waals surface area (Å²) in [5.41, 5.74) is 15.3. The van der Waals surface area contributed by atoms with Crippen LogP contribution in [0.25, 0.3) is 11.2 Å². The van der Waals surface area contributed by atoms with Crippen molar-refractivity contribution >= 4 is 22.9 Å². The van der Waals surface area contributed by atoms with E-state index in [1.807, 2.05) is 0 Å². The van der Waals surface area contributed by atoms with Crippen LogP contribution in [0.15, 0.2) is 24.2 Å². The van der Waals surface area contributed by atoms with Crippen molar-refractivity contribution in [3.8, 4) is 0 Å². The summed E-state index contributed by atoms with van der Waals surface area (Å²) < 4.78 is 7.06. The van der Waals surface area contributed by atoms with Crippen LogP contribution in [0.4, 0.5) is 11.8 Å². The molecule has 1 saturated heterocycles. The molecule has 3 rings (SSSR count). The molecule has 0 amide bonds. The van der Waals surface area contributed by atoms with Crippen LogP contribution in [0.5, 0.6) is 0 Å². The van der Waals surface area contributed by atoms with E-state index in [1.165, 1.54) is 10.9 Å². The lowest BCUT2D eigenvalue weighted by molar-refractivity contribution is -0.0416. The van der Waals surface area contributed by atoms with E-state index in [0.29, 0.717) is 16.7 Å². The Bertz CT molecular complexity index is 751. The molecule has 1 aliphatic heterocycles. The average Bonchev–Trinajstić information content (AvgIpc) is 2.96. The minimum Gasteiger partial charge on any atom is -0.394 e. The molecule has 9 nitrogen and oxygen atoms in total. The Hall–Kier alpha value is -2.45. The quantitative estimate of drug-likeness (QED) is 0.513. The SMILES string of the molecule is C=C=C1C(O)[C@@H](CO)O[C@H]1n1c(N)nc2c(N)ncnc21. The molecule has 1 fully saturated rings. The van der Waals surface area contributed by atoms with Crippen LogP contribution in [0, 0.1) is 0 Å². The smallest absolute Gasteiger partial charge is 0.205 e. The maximum atomic E-state index is 10.1. The number of aliphatic hydroxyl groups excluding tert-OH is 2. The van der Waals surface area contributed by atoms with E-state index in [-0.39, 0.29) is 18.4 Å². The van der Waals surface area contributed by atoms with Gasteiger partial charge < -0.3 is 26.4 Å². The van der Waals surface area contributed by atoms with Gasteiger partial charge in [-0.25, -0.2) is 15.0 Å². The molecule has 2 aromatic rings. The van der Waals surface area contributed by atoms with Crippen LogP contribution in [0.2, 0.25) is 0 Å². The summed E-state index contributed by atoms with van der Waals surface area (Å²) in [4.78, 5) is 12.0. The normalized spacial score (nSPS) is 25.4. The first kappa shape index (κ1) is 13.5. The Morgan fingerprint density at radius 1 is 1.43 bits per heavy atom. The van der Waals surface area contributed by atoms with Crippen molar-refractivity contribution in [2.75, 3.05) is 18.1 Å². The second kappa shape index (κ2) is 4.83. The molecule has 110 valence electrons. The third-order valence-corrected chi connectivity index (χ3v) is 3.39. The van der Waals surface area contributed by atoms with Crippen molar-refractivity contribution in [2.24, 2.45) is 0 Å². The Morgan fingerprint density at radius 2 is 2.19 bits per heavy atom. The minimum atomic E-state index is -1.03. The number of hydrogen-bond donors (Lipinski definition) is 4.